The zero-order chi connectivity index (χ0) is 44.2. The van der Waals surface area contributed by atoms with Crippen molar-refractivity contribution in [3.63, 3.8) is 0 Å². The van der Waals surface area contributed by atoms with Gasteiger partial charge in [-0.25, -0.2) is 0 Å². The zero-order valence-corrected chi connectivity index (χ0v) is 39.6. The molecule has 0 aliphatic carbocycles. The lowest BCUT2D eigenvalue weighted by atomic mass is 10.1. The molecule has 8 heteroatoms. The van der Waals surface area contributed by atoms with Crippen molar-refractivity contribution < 1.29 is 38.2 Å². The number of esters is 2. The van der Waals surface area contributed by atoms with Crippen LogP contribution in [0.5, 0.6) is 0 Å². The molecule has 0 heterocycles. The van der Waals surface area contributed by atoms with E-state index >= 15 is 0 Å². The van der Waals surface area contributed by atoms with E-state index < -0.39 is 18.1 Å². The summed E-state index contributed by atoms with van der Waals surface area (Å²) in [4.78, 5) is 37.0. The molecule has 2 unspecified atom stereocenters. The third-order valence-corrected chi connectivity index (χ3v) is 11.0. The number of unbranched alkanes of at least 4 members (excludes halogenated alkanes) is 24. The van der Waals surface area contributed by atoms with E-state index in [1.54, 1.807) is 21.1 Å². The quantitative estimate of drug-likeness (QED) is 0.0198. The van der Waals surface area contributed by atoms with E-state index in [4.69, 9.17) is 14.2 Å². The summed E-state index contributed by atoms with van der Waals surface area (Å²) in [5.74, 6) is -1.75. The second-order valence-corrected chi connectivity index (χ2v) is 17.7. The van der Waals surface area contributed by atoms with Crippen LogP contribution in [0.25, 0.3) is 0 Å². The lowest BCUT2D eigenvalue weighted by Crippen LogP contribution is -2.55. The van der Waals surface area contributed by atoms with Gasteiger partial charge in [-0.3, -0.25) is 9.59 Å². The molecule has 0 aromatic rings. The molecule has 0 rings (SSSR count). The van der Waals surface area contributed by atoms with Crippen LogP contribution in [0.2, 0.25) is 0 Å². The van der Waals surface area contributed by atoms with Gasteiger partial charge in [0.05, 0.1) is 40.3 Å². The van der Waals surface area contributed by atoms with E-state index in [0.29, 0.717) is 12.8 Å². The summed E-state index contributed by atoms with van der Waals surface area (Å²) in [6, 6.07) is -0.730. The summed E-state index contributed by atoms with van der Waals surface area (Å²) in [7, 11) is 5.41. The molecule has 0 aliphatic rings. The highest BCUT2D eigenvalue weighted by molar-refractivity contribution is 5.70. The number of ether oxygens (including phenoxy) is 3. The molecule has 0 aromatic heterocycles. The standard InChI is InChI=1S/C52H93NO7/c1-6-8-10-12-14-16-18-20-22-23-24-25-26-27-29-30-32-34-36-38-40-42-50(54)59-47-48(46-58-45-44-49(52(56)57)53(3,4)5)60-51(55)43-41-39-37-35-33-31-28-21-19-17-15-13-11-9-7-2/h9,11,13,15,17,19,25-26,48-49H,6-8,10,12,14,16,18,20-24,27-47H2,1-5H3/b11-9+,15-13+,19-17+,26-25+. The molecular formula is C52H93NO7. The van der Waals surface area contributed by atoms with E-state index in [1.807, 2.05) is 0 Å². The molecule has 0 aromatic carbocycles. The maximum atomic E-state index is 12.7. The highest BCUT2D eigenvalue weighted by Crippen LogP contribution is 2.15. The van der Waals surface area contributed by atoms with Gasteiger partial charge in [-0.15, -0.1) is 0 Å². The predicted molar refractivity (Wildman–Crippen MR) is 250 cm³/mol. The number of carboxylic acids is 1. The van der Waals surface area contributed by atoms with Crippen LogP contribution in [0.15, 0.2) is 48.6 Å². The lowest BCUT2D eigenvalue weighted by molar-refractivity contribution is -0.889. The number of likely N-dealkylation sites (N-methyl/N-ethyl adjacent to an activating group) is 1. The van der Waals surface area contributed by atoms with Crippen molar-refractivity contribution in [3.8, 4) is 0 Å². The third kappa shape index (κ3) is 40.7. The molecule has 2 atom stereocenters. The molecule has 0 radical (unpaired) electrons. The summed E-state index contributed by atoms with van der Waals surface area (Å²) in [5, 5.41) is 11.6. The summed E-state index contributed by atoms with van der Waals surface area (Å²) in [6.07, 6.45) is 51.4. The number of rotatable bonds is 44. The minimum absolute atomic E-state index is 0.0342. The summed E-state index contributed by atoms with van der Waals surface area (Å²) in [6.45, 7) is 4.53. The van der Waals surface area contributed by atoms with Crippen LogP contribution in [0, 0.1) is 0 Å². The Morgan fingerprint density at radius 3 is 1.42 bits per heavy atom. The highest BCUT2D eigenvalue weighted by atomic mass is 16.6. The second kappa shape index (κ2) is 43.0. The fourth-order valence-electron chi connectivity index (χ4n) is 7.18. The number of hydrogen-bond acceptors (Lipinski definition) is 7. The zero-order valence-electron chi connectivity index (χ0n) is 39.6. The number of quaternary nitrogens is 1. The van der Waals surface area contributed by atoms with Crippen LogP contribution < -0.4 is 5.11 Å². The Balaban J connectivity index is 4.25. The molecule has 0 spiro atoms. The van der Waals surface area contributed by atoms with Gasteiger partial charge in [-0.2, -0.15) is 0 Å². The number of carbonyl (C=O) groups excluding carboxylic acids is 3. The first-order chi connectivity index (χ1) is 29.1. The van der Waals surface area contributed by atoms with Crippen molar-refractivity contribution in [2.75, 3.05) is 41.0 Å². The number of aliphatic carboxylic acids is 1. The fourth-order valence-corrected chi connectivity index (χ4v) is 7.18. The third-order valence-electron chi connectivity index (χ3n) is 11.0. The normalized spacial score (nSPS) is 13.3. The van der Waals surface area contributed by atoms with Crippen molar-refractivity contribution in [1.82, 2.24) is 0 Å². The number of carbonyl (C=O) groups is 3. The van der Waals surface area contributed by atoms with Gasteiger partial charge in [0, 0.05) is 19.3 Å². The molecule has 0 aliphatic heterocycles. The van der Waals surface area contributed by atoms with E-state index in [9.17, 15) is 19.5 Å². The van der Waals surface area contributed by atoms with Crippen LogP contribution in [0.4, 0.5) is 0 Å². The van der Waals surface area contributed by atoms with Gasteiger partial charge in [-0.1, -0.05) is 184 Å². The molecule has 0 amide bonds. The van der Waals surface area contributed by atoms with Gasteiger partial charge in [0.2, 0.25) is 0 Å². The Kier molecular flexibility index (Phi) is 41.0. The van der Waals surface area contributed by atoms with Gasteiger partial charge < -0.3 is 28.6 Å². The van der Waals surface area contributed by atoms with Crippen molar-refractivity contribution in [2.45, 2.75) is 225 Å². The van der Waals surface area contributed by atoms with Gasteiger partial charge >= 0.3 is 11.9 Å². The monoisotopic (exact) mass is 844 g/mol. The van der Waals surface area contributed by atoms with Gasteiger partial charge in [0.15, 0.2) is 6.10 Å². The number of allylic oxidation sites excluding steroid dienone is 8. The largest absolute Gasteiger partial charge is 0.544 e. The first-order valence-corrected chi connectivity index (χ1v) is 24.7. The van der Waals surface area contributed by atoms with Crippen molar-refractivity contribution in [3.05, 3.63) is 48.6 Å². The van der Waals surface area contributed by atoms with Gasteiger partial charge in [0.1, 0.15) is 12.6 Å². The number of hydrogen-bond donors (Lipinski definition) is 0. The first-order valence-electron chi connectivity index (χ1n) is 24.7. The van der Waals surface area contributed by atoms with E-state index in [2.05, 4.69) is 62.5 Å². The van der Waals surface area contributed by atoms with Crippen molar-refractivity contribution >= 4 is 17.9 Å². The molecular weight excluding hydrogens is 751 g/mol. The van der Waals surface area contributed by atoms with Gasteiger partial charge in [0.25, 0.3) is 0 Å². The summed E-state index contributed by atoms with van der Waals surface area (Å²) >= 11 is 0. The molecule has 0 fully saturated rings. The highest BCUT2D eigenvalue weighted by Gasteiger charge is 2.25. The van der Waals surface area contributed by atoms with E-state index in [1.165, 1.54) is 122 Å². The van der Waals surface area contributed by atoms with Crippen LogP contribution >= 0.6 is 0 Å². The maximum Gasteiger partial charge on any atom is 0.306 e. The Labute approximate surface area is 369 Å². The SMILES string of the molecule is CC/C=C/C=C/C=C/CCCCCCCCCC(=O)OC(COCCC(C(=O)[O-])[N+](C)(C)C)COC(=O)CCCCCCCCC/C=C/CCCCCCCCCCCC. The second-order valence-electron chi connectivity index (χ2n) is 17.7. The number of carboxylic acid groups (broad SMARTS) is 1. The van der Waals surface area contributed by atoms with Crippen LogP contribution in [0.1, 0.15) is 213 Å². The Hall–Kier alpha value is -2.71. The summed E-state index contributed by atoms with van der Waals surface area (Å²) < 4.78 is 17.2. The van der Waals surface area contributed by atoms with E-state index in [0.717, 1.165) is 57.8 Å². The Morgan fingerprint density at radius 2 is 0.950 bits per heavy atom. The van der Waals surface area contributed by atoms with Crippen LogP contribution in [-0.4, -0.2) is 75.5 Å². The lowest BCUT2D eigenvalue weighted by Gasteiger charge is -2.34. The average molecular weight is 844 g/mol. The van der Waals surface area contributed by atoms with Crippen molar-refractivity contribution in [2.24, 2.45) is 0 Å². The van der Waals surface area contributed by atoms with Gasteiger partial charge in [-0.05, 0) is 57.8 Å². The van der Waals surface area contributed by atoms with E-state index in [-0.39, 0.29) is 42.7 Å². The fraction of sp³-hybridized carbons (Fsp3) is 0.788. The predicted octanol–water partition coefficient (Wildman–Crippen LogP) is 12.6. The molecule has 0 bridgehead atoms. The topological polar surface area (TPSA) is 102 Å². The van der Waals surface area contributed by atoms with Crippen LogP contribution in [0.3, 0.4) is 0 Å². The average Bonchev–Trinajstić information content (AvgIpc) is 3.21. The Morgan fingerprint density at radius 1 is 0.517 bits per heavy atom. The molecule has 0 saturated carbocycles. The molecule has 348 valence electrons. The smallest absolute Gasteiger partial charge is 0.306 e. The summed E-state index contributed by atoms with van der Waals surface area (Å²) in [5.41, 5.74) is 0. The number of nitrogens with zero attached hydrogens (tertiary/aromatic N) is 1. The molecule has 0 N–H and O–H groups in total. The first kappa shape index (κ1) is 57.3. The van der Waals surface area contributed by atoms with Crippen LogP contribution in [-0.2, 0) is 28.6 Å². The Bertz CT molecular complexity index is 1120. The molecule has 0 saturated heterocycles. The minimum atomic E-state index is -1.13. The maximum absolute atomic E-state index is 12.7. The van der Waals surface area contributed by atoms with Crippen molar-refractivity contribution in [1.29, 1.82) is 0 Å². The molecule has 60 heavy (non-hydrogen) atoms. The minimum Gasteiger partial charge on any atom is -0.544 e. The molecule has 8 nitrogen and oxygen atoms in total.